The van der Waals surface area contributed by atoms with Crippen molar-refractivity contribution in [2.45, 2.75) is 32.4 Å². The van der Waals surface area contributed by atoms with Gasteiger partial charge in [-0.2, -0.15) is 0 Å². The van der Waals surface area contributed by atoms with E-state index in [0.717, 1.165) is 6.26 Å². The summed E-state index contributed by atoms with van der Waals surface area (Å²) in [5.41, 5.74) is -0.551. The van der Waals surface area contributed by atoms with Crippen LogP contribution in [0.1, 0.15) is 20.3 Å². The van der Waals surface area contributed by atoms with E-state index in [0.29, 0.717) is 6.42 Å². The minimum Gasteiger partial charge on any atom is -0.392 e. The highest BCUT2D eigenvalue weighted by Crippen LogP contribution is 2.40. The van der Waals surface area contributed by atoms with E-state index in [2.05, 4.69) is 4.72 Å². The number of rotatable bonds is 4. The van der Waals surface area contributed by atoms with Crippen LogP contribution in [0.4, 0.5) is 0 Å². The van der Waals surface area contributed by atoms with Gasteiger partial charge in [-0.25, -0.2) is 21.6 Å². The van der Waals surface area contributed by atoms with Crippen LogP contribution in [0, 0.1) is 5.41 Å². The average Bonchev–Trinajstić information content (AvgIpc) is 1.98. The summed E-state index contributed by atoms with van der Waals surface area (Å²) in [4.78, 5) is 0. The predicted octanol–water partition coefficient (Wildman–Crippen LogP) is -0.933. The molecule has 1 aliphatic carbocycles. The Morgan fingerprint density at radius 1 is 1.31 bits per heavy atom. The SMILES string of the molecule is CC1(C)C(O)CC1NS(=O)(=O)CS(C)(=O)=O. The first-order valence-corrected chi connectivity index (χ1v) is 8.51. The first kappa shape index (κ1) is 13.9. The van der Waals surface area contributed by atoms with Gasteiger partial charge in [-0.15, -0.1) is 0 Å². The van der Waals surface area contributed by atoms with E-state index in [-0.39, 0.29) is 0 Å². The van der Waals surface area contributed by atoms with Crippen molar-refractivity contribution in [2.75, 3.05) is 11.3 Å². The summed E-state index contributed by atoms with van der Waals surface area (Å²) in [6.45, 7) is 3.46. The third kappa shape index (κ3) is 3.16. The number of sulfone groups is 1. The van der Waals surface area contributed by atoms with Crippen molar-refractivity contribution < 1.29 is 21.9 Å². The summed E-state index contributed by atoms with van der Waals surface area (Å²) in [6, 6.07) is -0.408. The molecular formula is C8H17NO5S2. The smallest absolute Gasteiger partial charge is 0.226 e. The second-order valence-electron chi connectivity index (χ2n) is 4.90. The minimum atomic E-state index is -3.84. The molecule has 0 saturated heterocycles. The summed E-state index contributed by atoms with van der Waals surface area (Å²) in [5, 5.41) is 8.51. The number of aliphatic hydroxyl groups is 1. The van der Waals surface area contributed by atoms with Gasteiger partial charge in [0.25, 0.3) is 0 Å². The van der Waals surface area contributed by atoms with Crippen molar-refractivity contribution in [3.05, 3.63) is 0 Å². The maximum atomic E-state index is 11.5. The molecule has 1 saturated carbocycles. The van der Waals surface area contributed by atoms with Crippen LogP contribution in [0.5, 0.6) is 0 Å². The number of hydrogen-bond acceptors (Lipinski definition) is 5. The van der Waals surface area contributed by atoms with E-state index < -0.39 is 42.5 Å². The monoisotopic (exact) mass is 271 g/mol. The van der Waals surface area contributed by atoms with Crippen LogP contribution in [-0.2, 0) is 19.9 Å². The van der Waals surface area contributed by atoms with Gasteiger partial charge in [0.05, 0.1) is 6.10 Å². The molecule has 0 aliphatic heterocycles. The maximum absolute atomic E-state index is 11.5. The molecule has 0 aromatic rings. The molecule has 1 fully saturated rings. The standard InChI is InChI=1S/C8H17NO5S2/c1-8(2)6(4-7(8)10)9-16(13,14)5-15(3,11)12/h6-7,9-10H,4-5H2,1-3H3. The first-order chi connectivity index (χ1) is 6.94. The summed E-state index contributed by atoms with van der Waals surface area (Å²) in [5.74, 6) is 0. The Balaban J connectivity index is 2.70. The van der Waals surface area contributed by atoms with Crippen molar-refractivity contribution in [1.29, 1.82) is 0 Å². The first-order valence-electron chi connectivity index (χ1n) is 4.80. The van der Waals surface area contributed by atoms with Gasteiger partial charge in [0.2, 0.25) is 10.0 Å². The van der Waals surface area contributed by atoms with Crippen LogP contribution in [0.25, 0.3) is 0 Å². The van der Waals surface area contributed by atoms with E-state index >= 15 is 0 Å². The van der Waals surface area contributed by atoms with Crippen LogP contribution in [-0.4, -0.2) is 45.4 Å². The Kier molecular flexibility index (Phi) is 3.41. The molecule has 96 valence electrons. The summed E-state index contributed by atoms with van der Waals surface area (Å²) < 4.78 is 47.0. The second kappa shape index (κ2) is 3.94. The number of hydrogen-bond donors (Lipinski definition) is 2. The Bertz CT molecular complexity index is 465. The Labute approximate surface area is 96.0 Å². The molecule has 0 spiro atoms. The Morgan fingerprint density at radius 3 is 2.12 bits per heavy atom. The second-order valence-corrected chi connectivity index (χ2v) is 9.16. The lowest BCUT2D eigenvalue weighted by Gasteiger charge is -2.49. The fraction of sp³-hybridized carbons (Fsp3) is 1.00. The number of sulfonamides is 1. The van der Waals surface area contributed by atoms with Crippen LogP contribution in [0.2, 0.25) is 0 Å². The van der Waals surface area contributed by atoms with Crippen molar-refractivity contribution in [3.63, 3.8) is 0 Å². The number of nitrogens with one attached hydrogen (secondary N) is 1. The van der Waals surface area contributed by atoms with Crippen LogP contribution >= 0.6 is 0 Å². The van der Waals surface area contributed by atoms with E-state index in [9.17, 15) is 21.9 Å². The van der Waals surface area contributed by atoms with Gasteiger partial charge in [0.1, 0.15) is 0 Å². The highest BCUT2D eigenvalue weighted by Gasteiger charge is 2.48. The van der Waals surface area contributed by atoms with E-state index in [4.69, 9.17) is 0 Å². The normalized spacial score (nSPS) is 29.8. The molecule has 0 amide bonds. The van der Waals surface area contributed by atoms with Gasteiger partial charge >= 0.3 is 0 Å². The van der Waals surface area contributed by atoms with Crippen molar-refractivity contribution in [1.82, 2.24) is 4.72 Å². The molecular weight excluding hydrogens is 254 g/mol. The van der Waals surface area contributed by atoms with Crippen molar-refractivity contribution in [2.24, 2.45) is 5.41 Å². The largest absolute Gasteiger partial charge is 0.392 e. The third-order valence-corrected chi connectivity index (χ3v) is 6.50. The zero-order chi connectivity index (χ0) is 12.8. The van der Waals surface area contributed by atoms with Crippen molar-refractivity contribution in [3.8, 4) is 0 Å². The highest BCUT2D eigenvalue weighted by atomic mass is 32.3. The van der Waals surface area contributed by atoms with Gasteiger partial charge in [-0.1, -0.05) is 13.8 Å². The molecule has 0 bridgehead atoms. The summed E-state index contributed by atoms with van der Waals surface area (Å²) in [7, 11) is -7.42. The maximum Gasteiger partial charge on any atom is 0.226 e. The van der Waals surface area contributed by atoms with Gasteiger partial charge in [-0.3, -0.25) is 0 Å². The molecule has 6 nitrogen and oxygen atoms in total. The molecule has 2 unspecified atom stereocenters. The van der Waals surface area contributed by atoms with E-state index in [1.165, 1.54) is 0 Å². The predicted molar refractivity (Wildman–Crippen MR) is 60.0 cm³/mol. The zero-order valence-electron chi connectivity index (χ0n) is 9.47. The van der Waals surface area contributed by atoms with Gasteiger partial charge in [0.15, 0.2) is 14.9 Å². The lowest BCUT2D eigenvalue weighted by molar-refractivity contribution is -0.0644. The van der Waals surface area contributed by atoms with Gasteiger partial charge < -0.3 is 5.11 Å². The fourth-order valence-corrected chi connectivity index (χ4v) is 5.00. The topological polar surface area (TPSA) is 101 Å². The average molecular weight is 271 g/mol. The molecule has 0 aromatic heterocycles. The molecule has 16 heavy (non-hydrogen) atoms. The molecule has 2 atom stereocenters. The van der Waals surface area contributed by atoms with E-state index in [1.807, 2.05) is 0 Å². The van der Waals surface area contributed by atoms with Gasteiger partial charge in [-0.05, 0) is 6.42 Å². The fourth-order valence-electron chi connectivity index (χ4n) is 1.64. The summed E-state index contributed by atoms with van der Waals surface area (Å²) >= 11 is 0. The number of aliphatic hydroxyl groups excluding tert-OH is 1. The zero-order valence-corrected chi connectivity index (χ0v) is 11.1. The molecule has 0 aromatic carbocycles. The lowest BCUT2D eigenvalue weighted by atomic mass is 9.65. The highest BCUT2D eigenvalue weighted by molar-refractivity contribution is 8.06. The molecule has 0 heterocycles. The van der Waals surface area contributed by atoms with Gasteiger partial charge in [0, 0.05) is 17.7 Å². The van der Waals surface area contributed by atoms with Crippen LogP contribution in [0.15, 0.2) is 0 Å². The molecule has 0 radical (unpaired) electrons. The molecule has 2 N–H and O–H groups in total. The Morgan fingerprint density at radius 2 is 1.81 bits per heavy atom. The lowest BCUT2D eigenvalue weighted by Crippen LogP contribution is -2.61. The quantitative estimate of drug-likeness (QED) is 0.688. The van der Waals surface area contributed by atoms with Crippen LogP contribution in [0.3, 0.4) is 0 Å². The van der Waals surface area contributed by atoms with Crippen molar-refractivity contribution >= 4 is 19.9 Å². The Hall–Kier alpha value is -0.180. The van der Waals surface area contributed by atoms with Crippen LogP contribution < -0.4 is 4.72 Å². The van der Waals surface area contributed by atoms with E-state index in [1.54, 1.807) is 13.8 Å². The summed E-state index contributed by atoms with van der Waals surface area (Å²) in [6.07, 6.45) is 0.627. The molecule has 8 heteroatoms. The third-order valence-electron chi connectivity index (χ3n) is 2.91. The minimum absolute atomic E-state index is 0.315. The molecule has 1 rings (SSSR count). The molecule has 1 aliphatic rings.